The molecule has 1 aromatic heterocycles. The Morgan fingerprint density at radius 2 is 1.62 bits per heavy atom. The molecule has 1 aromatic carbocycles. The monoisotopic (exact) mass is 291 g/mol. The summed E-state index contributed by atoms with van der Waals surface area (Å²) in [6, 6.07) is 6.90. The molecule has 2 aromatic rings. The number of aromatic nitrogens is 1. The van der Waals surface area contributed by atoms with Crippen molar-refractivity contribution in [3.63, 3.8) is 0 Å². The SMILES string of the molecule is Clc1ccc(Cl)c(-c2ccnc(Cl)c2Cl)c1. The topological polar surface area (TPSA) is 12.9 Å². The van der Waals surface area contributed by atoms with Gasteiger partial charge in [0.15, 0.2) is 0 Å². The Labute approximate surface area is 113 Å². The Morgan fingerprint density at radius 3 is 2.38 bits per heavy atom. The molecule has 0 radical (unpaired) electrons. The van der Waals surface area contributed by atoms with Crippen molar-refractivity contribution >= 4 is 46.4 Å². The first-order valence-electron chi connectivity index (χ1n) is 4.35. The van der Waals surface area contributed by atoms with E-state index in [9.17, 15) is 0 Å². The van der Waals surface area contributed by atoms with Gasteiger partial charge in [-0.1, -0.05) is 46.4 Å². The average Bonchev–Trinajstić information content (AvgIpc) is 2.26. The molecule has 1 nitrogen and oxygen atoms in total. The van der Waals surface area contributed by atoms with E-state index in [2.05, 4.69) is 4.98 Å². The predicted octanol–water partition coefficient (Wildman–Crippen LogP) is 5.36. The number of benzene rings is 1. The van der Waals surface area contributed by atoms with Crippen molar-refractivity contribution in [1.29, 1.82) is 0 Å². The molecule has 82 valence electrons. The third kappa shape index (κ3) is 2.28. The molecule has 0 saturated heterocycles. The van der Waals surface area contributed by atoms with Crippen LogP contribution in [0, 0.1) is 0 Å². The number of pyridine rings is 1. The third-order valence-electron chi connectivity index (χ3n) is 2.07. The minimum Gasteiger partial charge on any atom is -0.243 e. The zero-order valence-electron chi connectivity index (χ0n) is 7.85. The second-order valence-electron chi connectivity index (χ2n) is 3.09. The van der Waals surface area contributed by atoms with E-state index < -0.39 is 0 Å². The quantitative estimate of drug-likeness (QED) is 0.645. The van der Waals surface area contributed by atoms with Crippen LogP contribution >= 0.6 is 46.4 Å². The van der Waals surface area contributed by atoms with Gasteiger partial charge in [-0.05, 0) is 24.3 Å². The fourth-order valence-electron chi connectivity index (χ4n) is 1.33. The minimum atomic E-state index is 0.246. The maximum atomic E-state index is 6.07. The van der Waals surface area contributed by atoms with E-state index in [1.807, 2.05) is 0 Å². The smallest absolute Gasteiger partial charge is 0.148 e. The molecular formula is C11H5Cl4N. The lowest BCUT2D eigenvalue weighted by atomic mass is 10.1. The highest BCUT2D eigenvalue weighted by molar-refractivity contribution is 6.43. The van der Waals surface area contributed by atoms with Crippen molar-refractivity contribution in [2.45, 2.75) is 0 Å². The zero-order chi connectivity index (χ0) is 11.7. The predicted molar refractivity (Wildman–Crippen MR) is 69.7 cm³/mol. The summed E-state index contributed by atoms with van der Waals surface area (Å²) in [5.74, 6) is 0. The summed E-state index contributed by atoms with van der Waals surface area (Å²) in [5, 5.41) is 1.76. The molecule has 16 heavy (non-hydrogen) atoms. The van der Waals surface area contributed by atoms with Crippen molar-refractivity contribution in [2.24, 2.45) is 0 Å². The first-order chi connectivity index (χ1) is 7.59. The van der Waals surface area contributed by atoms with Crippen LogP contribution in [-0.4, -0.2) is 4.98 Å². The molecule has 0 fully saturated rings. The number of hydrogen-bond acceptors (Lipinski definition) is 1. The van der Waals surface area contributed by atoms with E-state index in [1.54, 1.807) is 30.5 Å². The normalized spacial score (nSPS) is 10.5. The first-order valence-corrected chi connectivity index (χ1v) is 5.86. The fourth-order valence-corrected chi connectivity index (χ4v) is 2.09. The summed E-state index contributed by atoms with van der Waals surface area (Å²) in [6.45, 7) is 0. The molecule has 0 unspecified atom stereocenters. The van der Waals surface area contributed by atoms with Gasteiger partial charge in [-0.3, -0.25) is 0 Å². The van der Waals surface area contributed by atoms with Crippen molar-refractivity contribution in [3.8, 4) is 11.1 Å². The van der Waals surface area contributed by atoms with Crippen LogP contribution < -0.4 is 0 Å². The highest BCUT2D eigenvalue weighted by Gasteiger charge is 2.11. The molecule has 0 N–H and O–H groups in total. The van der Waals surface area contributed by atoms with E-state index in [0.717, 1.165) is 5.56 Å². The van der Waals surface area contributed by atoms with Gasteiger partial charge < -0.3 is 0 Å². The van der Waals surface area contributed by atoms with Crippen LogP contribution in [0.25, 0.3) is 11.1 Å². The Bertz CT molecular complexity index is 540. The molecule has 1 heterocycles. The maximum absolute atomic E-state index is 6.07. The molecule has 0 atom stereocenters. The standard InChI is InChI=1S/C11H5Cl4N/c12-6-1-2-9(13)8(5-6)7-3-4-16-11(15)10(7)14/h1-5H. The van der Waals surface area contributed by atoms with Crippen LogP contribution in [0.3, 0.4) is 0 Å². The average molecular weight is 293 g/mol. The van der Waals surface area contributed by atoms with Crippen molar-refractivity contribution in [2.75, 3.05) is 0 Å². The molecule has 0 saturated carbocycles. The van der Waals surface area contributed by atoms with Gasteiger partial charge in [0, 0.05) is 27.4 Å². The van der Waals surface area contributed by atoms with Gasteiger partial charge in [0.1, 0.15) is 5.15 Å². The molecular weight excluding hydrogens is 288 g/mol. The lowest BCUT2D eigenvalue weighted by molar-refractivity contribution is 1.33. The van der Waals surface area contributed by atoms with Gasteiger partial charge in [-0.2, -0.15) is 0 Å². The molecule has 0 bridgehead atoms. The van der Waals surface area contributed by atoms with Gasteiger partial charge in [-0.15, -0.1) is 0 Å². The Morgan fingerprint density at radius 1 is 0.875 bits per heavy atom. The van der Waals surface area contributed by atoms with E-state index >= 15 is 0 Å². The van der Waals surface area contributed by atoms with Crippen LogP contribution in [0.2, 0.25) is 20.2 Å². The summed E-state index contributed by atoms with van der Waals surface area (Å²) in [4.78, 5) is 3.87. The molecule has 0 aliphatic heterocycles. The molecule has 0 spiro atoms. The number of halogens is 4. The molecule has 0 amide bonds. The minimum absolute atomic E-state index is 0.246. The van der Waals surface area contributed by atoms with Crippen LogP contribution in [0.1, 0.15) is 0 Å². The lowest BCUT2D eigenvalue weighted by Gasteiger charge is -2.07. The second-order valence-corrected chi connectivity index (χ2v) is 4.67. The summed E-state index contributed by atoms with van der Waals surface area (Å²) in [6.07, 6.45) is 1.57. The van der Waals surface area contributed by atoms with Gasteiger partial charge in [-0.25, -0.2) is 4.98 Å². The second kappa shape index (κ2) is 4.80. The molecule has 0 aliphatic carbocycles. The van der Waals surface area contributed by atoms with Gasteiger partial charge in [0.05, 0.1) is 5.02 Å². The maximum Gasteiger partial charge on any atom is 0.148 e. The number of hydrogen-bond donors (Lipinski definition) is 0. The summed E-state index contributed by atoms with van der Waals surface area (Å²) in [5.41, 5.74) is 1.46. The van der Waals surface area contributed by atoms with E-state index in [0.29, 0.717) is 20.6 Å². The van der Waals surface area contributed by atoms with Crippen molar-refractivity contribution in [1.82, 2.24) is 4.98 Å². The zero-order valence-corrected chi connectivity index (χ0v) is 10.9. The van der Waals surface area contributed by atoms with Crippen LogP contribution in [0.4, 0.5) is 0 Å². The van der Waals surface area contributed by atoms with Crippen molar-refractivity contribution in [3.05, 3.63) is 50.7 Å². The summed E-state index contributed by atoms with van der Waals surface area (Å²) < 4.78 is 0. The van der Waals surface area contributed by atoms with Crippen molar-refractivity contribution < 1.29 is 0 Å². The van der Waals surface area contributed by atoms with Gasteiger partial charge >= 0.3 is 0 Å². The van der Waals surface area contributed by atoms with E-state index in [4.69, 9.17) is 46.4 Å². The van der Waals surface area contributed by atoms with Crippen LogP contribution in [0.5, 0.6) is 0 Å². The highest BCUT2D eigenvalue weighted by atomic mass is 35.5. The highest BCUT2D eigenvalue weighted by Crippen LogP contribution is 2.37. The van der Waals surface area contributed by atoms with Gasteiger partial charge in [0.2, 0.25) is 0 Å². The van der Waals surface area contributed by atoms with Crippen LogP contribution in [-0.2, 0) is 0 Å². The molecule has 0 aliphatic rings. The largest absolute Gasteiger partial charge is 0.243 e. The van der Waals surface area contributed by atoms with E-state index in [-0.39, 0.29) is 5.15 Å². The lowest BCUT2D eigenvalue weighted by Crippen LogP contribution is -1.84. The Hall–Kier alpha value is -0.470. The first kappa shape index (κ1) is 12.0. The summed E-state index contributed by atoms with van der Waals surface area (Å²) in [7, 11) is 0. The van der Waals surface area contributed by atoms with Gasteiger partial charge in [0.25, 0.3) is 0 Å². The summed E-state index contributed by atoms with van der Waals surface area (Å²) >= 11 is 23.9. The Balaban J connectivity index is 2.67. The number of rotatable bonds is 1. The number of nitrogens with zero attached hydrogens (tertiary/aromatic N) is 1. The molecule has 2 rings (SSSR count). The Kier molecular flexibility index (Phi) is 3.60. The van der Waals surface area contributed by atoms with Crippen LogP contribution in [0.15, 0.2) is 30.5 Å². The fraction of sp³-hybridized carbons (Fsp3) is 0. The molecule has 5 heteroatoms. The third-order valence-corrected chi connectivity index (χ3v) is 3.40. The van der Waals surface area contributed by atoms with E-state index in [1.165, 1.54) is 0 Å².